The van der Waals surface area contributed by atoms with Gasteiger partial charge in [0.25, 0.3) is 5.91 Å². The molecule has 0 aromatic carbocycles. The van der Waals surface area contributed by atoms with E-state index in [2.05, 4.69) is 20.3 Å². The van der Waals surface area contributed by atoms with Crippen molar-refractivity contribution in [3.8, 4) is 11.3 Å². The van der Waals surface area contributed by atoms with Crippen molar-refractivity contribution in [1.29, 1.82) is 0 Å². The zero-order valence-corrected chi connectivity index (χ0v) is 13.3. The zero-order chi connectivity index (χ0) is 15.5. The molecule has 0 saturated heterocycles. The molecule has 0 aliphatic rings. The lowest BCUT2D eigenvalue weighted by atomic mass is 10.2. The van der Waals surface area contributed by atoms with E-state index in [0.717, 1.165) is 11.3 Å². The second kappa shape index (κ2) is 6.39. The molecule has 3 aromatic heterocycles. The Morgan fingerprint density at radius 3 is 2.82 bits per heavy atom. The second-order valence-electron chi connectivity index (χ2n) is 4.20. The molecular formula is C14H8Cl2N4OS. The van der Waals surface area contributed by atoms with Crippen molar-refractivity contribution in [3.63, 3.8) is 0 Å². The summed E-state index contributed by atoms with van der Waals surface area (Å²) in [5.74, 6) is -0.459. The number of amides is 1. The number of nitrogens with one attached hydrogen (secondary N) is 1. The van der Waals surface area contributed by atoms with Gasteiger partial charge < -0.3 is 0 Å². The Balaban J connectivity index is 1.81. The molecule has 3 aromatic rings. The van der Waals surface area contributed by atoms with Gasteiger partial charge in [0.1, 0.15) is 10.8 Å². The van der Waals surface area contributed by atoms with Gasteiger partial charge >= 0.3 is 0 Å². The Kier molecular flexibility index (Phi) is 4.33. The Bertz CT molecular complexity index is 823. The van der Waals surface area contributed by atoms with E-state index in [1.807, 2.05) is 17.5 Å². The molecule has 1 N–H and O–H groups in total. The summed E-state index contributed by atoms with van der Waals surface area (Å²) in [4.78, 5) is 24.5. The largest absolute Gasteiger partial charge is 0.296 e. The molecule has 22 heavy (non-hydrogen) atoms. The topological polar surface area (TPSA) is 67.8 Å². The number of carbonyl (C=O) groups is 1. The highest BCUT2D eigenvalue weighted by atomic mass is 35.5. The molecule has 1 amide bonds. The maximum absolute atomic E-state index is 12.2. The molecule has 3 heterocycles. The second-order valence-corrected chi connectivity index (χ2v) is 5.85. The maximum atomic E-state index is 12.2. The molecule has 0 aliphatic heterocycles. The fourth-order valence-electron chi connectivity index (χ4n) is 1.71. The van der Waals surface area contributed by atoms with Crippen LogP contribution in [0.4, 0.5) is 5.13 Å². The minimum atomic E-state index is -0.459. The monoisotopic (exact) mass is 350 g/mol. The normalized spacial score (nSPS) is 10.5. The Labute approximate surface area is 140 Å². The van der Waals surface area contributed by atoms with Crippen LogP contribution < -0.4 is 5.32 Å². The number of pyridine rings is 2. The summed E-state index contributed by atoms with van der Waals surface area (Å²) in [7, 11) is 0. The lowest BCUT2D eigenvalue weighted by molar-refractivity contribution is 0.102. The predicted molar refractivity (Wildman–Crippen MR) is 87.6 cm³/mol. The van der Waals surface area contributed by atoms with Crippen molar-refractivity contribution in [2.75, 3.05) is 5.32 Å². The van der Waals surface area contributed by atoms with E-state index in [0.29, 0.717) is 5.13 Å². The van der Waals surface area contributed by atoms with Gasteiger partial charge in [0.15, 0.2) is 5.13 Å². The number of carbonyl (C=O) groups excluding carboxylic acids is 1. The molecule has 3 rings (SSSR count). The third-order valence-electron chi connectivity index (χ3n) is 2.71. The van der Waals surface area contributed by atoms with Crippen LogP contribution in [-0.4, -0.2) is 20.9 Å². The highest BCUT2D eigenvalue weighted by Crippen LogP contribution is 2.25. The van der Waals surface area contributed by atoms with Crippen LogP contribution in [0.25, 0.3) is 11.3 Å². The summed E-state index contributed by atoms with van der Waals surface area (Å²) in [6, 6.07) is 6.75. The Hall–Kier alpha value is -2.02. The quantitative estimate of drug-likeness (QED) is 0.720. The van der Waals surface area contributed by atoms with Gasteiger partial charge in [-0.2, -0.15) is 0 Å². The summed E-state index contributed by atoms with van der Waals surface area (Å²) in [6.07, 6.45) is 3.39. The predicted octanol–water partition coefficient (Wildman–Crippen LogP) is 4.16. The van der Waals surface area contributed by atoms with Crippen LogP contribution in [-0.2, 0) is 0 Å². The van der Waals surface area contributed by atoms with Gasteiger partial charge in [0, 0.05) is 23.3 Å². The smallest absolute Gasteiger partial charge is 0.277 e. The van der Waals surface area contributed by atoms with Crippen molar-refractivity contribution < 1.29 is 4.79 Å². The standard InChI is InChI=1S/C14H8Cl2N4OS/c15-9-3-4-11(16)19-12(9)13(21)20-14-18-10(7-22-14)8-2-1-5-17-6-8/h1-7H,(H,18,20,21). The number of hydrogen-bond acceptors (Lipinski definition) is 5. The van der Waals surface area contributed by atoms with Crippen molar-refractivity contribution in [2.24, 2.45) is 0 Å². The summed E-state index contributed by atoms with van der Waals surface area (Å²) in [6.45, 7) is 0. The molecule has 0 aliphatic carbocycles. The van der Waals surface area contributed by atoms with E-state index < -0.39 is 5.91 Å². The van der Waals surface area contributed by atoms with E-state index in [1.165, 1.54) is 23.5 Å². The van der Waals surface area contributed by atoms with Gasteiger partial charge in [-0.3, -0.25) is 15.1 Å². The number of thiazole rings is 1. The number of nitrogens with zero attached hydrogens (tertiary/aromatic N) is 3. The van der Waals surface area contributed by atoms with Crippen LogP contribution in [0.15, 0.2) is 42.0 Å². The van der Waals surface area contributed by atoms with Crippen LogP contribution in [0.3, 0.4) is 0 Å². The van der Waals surface area contributed by atoms with Crippen molar-refractivity contribution in [2.45, 2.75) is 0 Å². The number of rotatable bonds is 3. The van der Waals surface area contributed by atoms with Gasteiger partial charge in [-0.1, -0.05) is 23.2 Å². The van der Waals surface area contributed by atoms with Crippen molar-refractivity contribution in [3.05, 3.63) is 57.9 Å². The third-order valence-corrected chi connectivity index (χ3v) is 3.98. The maximum Gasteiger partial charge on any atom is 0.277 e. The highest BCUT2D eigenvalue weighted by Gasteiger charge is 2.15. The van der Waals surface area contributed by atoms with E-state index in [1.54, 1.807) is 12.4 Å². The Morgan fingerprint density at radius 2 is 2.05 bits per heavy atom. The minimum absolute atomic E-state index is 0.0623. The minimum Gasteiger partial charge on any atom is -0.296 e. The molecule has 5 nitrogen and oxygen atoms in total. The average Bonchev–Trinajstić information content (AvgIpc) is 2.99. The fourth-order valence-corrected chi connectivity index (χ4v) is 2.77. The first-order valence-electron chi connectivity index (χ1n) is 6.13. The lowest BCUT2D eigenvalue weighted by Gasteiger charge is -2.03. The molecule has 0 radical (unpaired) electrons. The van der Waals surface area contributed by atoms with Crippen LogP contribution >= 0.6 is 34.5 Å². The molecule has 8 heteroatoms. The zero-order valence-electron chi connectivity index (χ0n) is 11.0. The molecule has 110 valence electrons. The summed E-state index contributed by atoms with van der Waals surface area (Å²) in [5, 5.41) is 5.36. The molecule has 0 unspecified atom stereocenters. The van der Waals surface area contributed by atoms with Gasteiger partial charge in [-0.25, -0.2) is 9.97 Å². The first-order chi connectivity index (χ1) is 10.6. The number of halogens is 2. The van der Waals surface area contributed by atoms with Crippen LogP contribution in [0.2, 0.25) is 10.2 Å². The average molecular weight is 351 g/mol. The molecule has 0 spiro atoms. The van der Waals surface area contributed by atoms with Crippen LogP contribution in [0.5, 0.6) is 0 Å². The number of anilines is 1. The first-order valence-corrected chi connectivity index (χ1v) is 7.76. The summed E-state index contributed by atoms with van der Waals surface area (Å²) >= 11 is 13.0. The molecule has 0 saturated carbocycles. The van der Waals surface area contributed by atoms with E-state index >= 15 is 0 Å². The number of hydrogen-bond donors (Lipinski definition) is 1. The Morgan fingerprint density at radius 1 is 1.18 bits per heavy atom. The molecule has 0 atom stereocenters. The van der Waals surface area contributed by atoms with Gasteiger partial charge in [-0.15, -0.1) is 11.3 Å². The lowest BCUT2D eigenvalue weighted by Crippen LogP contribution is -2.14. The van der Waals surface area contributed by atoms with Gasteiger partial charge in [-0.05, 0) is 24.3 Å². The van der Waals surface area contributed by atoms with E-state index in [9.17, 15) is 4.79 Å². The SMILES string of the molecule is O=C(Nc1nc(-c2cccnc2)cs1)c1nc(Cl)ccc1Cl. The first kappa shape index (κ1) is 14.9. The fraction of sp³-hybridized carbons (Fsp3) is 0. The van der Waals surface area contributed by atoms with Crippen molar-refractivity contribution in [1.82, 2.24) is 15.0 Å². The summed E-state index contributed by atoms with van der Waals surface area (Å²) in [5.41, 5.74) is 1.67. The number of aromatic nitrogens is 3. The van der Waals surface area contributed by atoms with Gasteiger partial charge in [0.05, 0.1) is 10.7 Å². The summed E-state index contributed by atoms with van der Waals surface area (Å²) < 4.78 is 0. The van der Waals surface area contributed by atoms with E-state index in [4.69, 9.17) is 23.2 Å². The third kappa shape index (κ3) is 3.24. The van der Waals surface area contributed by atoms with E-state index in [-0.39, 0.29) is 15.9 Å². The van der Waals surface area contributed by atoms with Crippen molar-refractivity contribution >= 4 is 45.6 Å². The molecule has 0 fully saturated rings. The highest BCUT2D eigenvalue weighted by molar-refractivity contribution is 7.14. The molecular weight excluding hydrogens is 343 g/mol. The van der Waals surface area contributed by atoms with Crippen LogP contribution in [0, 0.1) is 0 Å². The van der Waals surface area contributed by atoms with Crippen LogP contribution in [0.1, 0.15) is 10.5 Å². The van der Waals surface area contributed by atoms with Gasteiger partial charge in [0.2, 0.25) is 0 Å². The molecule has 0 bridgehead atoms.